The van der Waals surface area contributed by atoms with E-state index in [9.17, 15) is 0 Å². The summed E-state index contributed by atoms with van der Waals surface area (Å²) in [5.41, 5.74) is 13.8. The average Bonchev–Trinajstić information content (AvgIpc) is 3.60. The van der Waals surface area contributed by atoms with E-state index >= 15 is 0 Å². The van der Waals surface area contributed by atoms with Crippen LogP contribution in [0.15, 0.2) is 146 Å². The Morgan fingerprint density at radius 1 is 0.510 bits per heavy atom. The normalized spacial score (nSPS) is 14.0. The Morgan fingerprint density at radius 2 is 1.18 bits per heavy atom. The van der Waals surface area contributed by atoms with E-state index in [1.165, 1.54) is 33.4 Å². The first kappa shape index (κ1) is 26.8. The minimum atomic E-state index is -0.130. The van der Waals surface area contributed by atoms with Gasteiger partial charge in [0, 0.05) is 27.6 Å². The van der Waals surface area contributed by atoms with Gasteiger partial charge in [-0.05, 0) is 88.0 Å². The molecule has 7 aromatic carbocycles. The first-order valence-corrected chi connectivity index (χ1v) is 16.9. The van der Waals surface area contributed by atoms with Gasteiger partial charge in [0.1, 0.15) is 5.69 Å². The van der Waals surface area contributed by atoms with E-state index in [1.807, 2.05) is 18.2 Å². The zero-order valence-electron chi connectivity index (χ0n) is 27.1. The number of hydrogen-bond acceptors (Lipinski definition) is 3. The molecule has 0 N–H and O–H groups in total. The topological polar surface area (TPSA) is 26.6 Å². The van der Waals surface area contributed by atoms with Crippen molar-refractivity contribution in [2.24, 2.45) is 0 Å². The molecular weight excluding hydrogens is 601 g/mol. The Balaban J connectivity index is 1.18. The first-order chi connectivity index (χ1) is 24.1. The molecule has 3 heterocycles. The summed E-state index contributed by atoms with van der Waals surface area (Å²) in [4.78, 5) is 2.36. The smallest absolute Gasteiger partial charge is 0.176 e. The van der Waals surface area contributed by atoms with Gasteiger partial charge in [0.25, 0.3) is 0 Å². The van der Waals surface area contributed by atoms with E-state index < -0.39 is 0 Å². The SMILES string of the molecule is CC1(C)c2ccccc2-c2ccc(N(c3ccc(-c4ccccc4)cc3)c3ccc4c5cccc6c5n5c4c3Oc3cccc(c3-5)O6)cc21. The van der Waals surface area contributed by atoms with E-state index in [1.54, 1.807) is 0 Å². The average molecular weight is 631 g/mol. The molecule has 49 heavy (non-hydrogen) atoms. The maximum atomic E-state index is 6.98. The molecule has 0 spiro atoms. The Morgan fingerprint density at radius 3 is 2.04 bits per heavy atom. The molecule has 4 nitrogen and oxygen atoms in total. The van der Waals surface area contributed by atoms with Crippen LogP contribution in [0.4, 0.5) is 17.1 Å². The monoisotopic (exact) mass is 630 g/mol. The van der Waals surface area contributed by atoms with E-state index in [4.69, 9.17) is 9.47 Å². The third kappa shape index (κ3) is 3.53. The van der Waals surface area contributed by atoms with Gasteiger partial charge >= 0.3 is 0 Å². The van der Waals surface area contributed by atoms with E-state index in [2.05, 4.69) is 151 Å². The molecule has 3 aliphatic rings. The van der Waals surface area contributed by atoms with Crippen molar-refractivity contribution < 1.29 is 9.47 Å². The van der Waals surface area contributed by atoms with Gasteiger partial charge in [-0.3, -0.25) is 4.57 Å². The highest BCUT2D eigenvalue weighted by atomic mass is 16.5. The quantitative estimate of drug-likeness (QED) is 0.194. The minimum absolute atomic E-state index is 0.130. The zero-order chi connectivity index (χ0) is 32.4. The van der Waals surface area contributed by atoms with Gasteiger partial charge in [-0.15, -0.1) is 0 Å². The number of nitrogens with zero attached hydrogens (tertiary/aromatic N) is 2. The third-order valence-corrected chi connectivity index (χ3v) is 10.8. The van der Waals surface area contributed by atoms with Gasteiger partial charge < -0.3 is 14.4 Å². The Bertz CT molecular complexity index is 2690. The second-order valence-corrected chi connectivity index (χ2v) is 13.8. The summed E-state index contributed by atoms with van der Waals surface area (Å²) in [5.74, 6) is 3.29. The summed E-state index contributed by atoms with van der Waals surface area (Å²) < 4.78 is 15.8. The Kier molecular flexibility index (Phi) is 5.15. The summed E-state index contributed by atoms with van der Waals surface area (Å²) in [5, 5.41) is 2.30. The number of hydrogen-bond donors (Lipinski definition) is 0. The second kappa shape index (κ2) is 9.42. The van der Waals surface area contributed by atoms with Crippen LogP contribution >= 0.6 is 0 Å². The van der Waals surface area contributed by atoms with E-state index in [0.29, 0.717) is 0 Å². The lowest BCUT2D eigenvalue weighted by molar-refractivity contribution is 0.444. The highest BCUT2D eigenvalue weighted by Gasteiger charge is 2.37. The van der Waals surface area contributed by atoms with E-state index in [0.717, 1.165) is 67.6 Å². The molecule has 232 valence electrons. The van der Waals surface area contributed by atoms with Crippen molar-refractivity contribution in [2.45, 2.75) is 19.3 Å². The molecule has 8 aromatic rings. The van der Waals surface area contributed by atoms with Crippen molar-refractivity contribution in [3.63, 3.8) is 0 Å². The predicted octanol–water partition coefficient (Wildman–Crippen LogP) is 12.4. The molecule has 0 saturated carbocycles. The number of benzene rings is 7. The molecule has 0 fully saturated rings. The maximum absolute atomic E-state index is 6.98. The fraction of sp³-hybridized carbons (Fsp3) is 0.0667. The second-order valence-electron chi connectivity index (χ2n) is 13.8. The molecule has 1 aromatic heterocycles. The van der Waals surface area contributed by atoms with Crippen LogP contribution in [0.25, 0.3) is 49.7 Å². The van der Waals surface area contributed by atoms with Gasteiger partial charge in [0.15, 0.2) is 23.0 Å². The number of aromatic nitrogens is 1. The maximum Gasteiger partial charge on any atom is 0.176 e. The fourth-order valence-corrected chi connectivity index (χ4v) is 8.47. The summed E-state index contributed by atoms with van der Waals surface area (Å²) in [6.45, 7) is 4.68. The van der Waals surface area contributed by atoms with Crippen LogP contribution < -0.4 is 14.4 Å². The van der Waals surface area contributed by atoms with Crippen LogP contribution in [0.3, 0.4) is 0 Å². The lowest BCUT2D eigenvalue weighted by Gasteiger charge is -2.32. The van der Waals surface area contributed by atoms with Crippen molar-refractivity contribution in [3.05, 3.63) is 157 Å². The van der Waals surface area contributed by atoms with Crippen LogP contribution in [0, 0.1) is 0 Å². The number of para-hydroxylation sites is 2. The fourth-order valence-electron chi connectivity index (χ4n) is 8.47. The van der Waals surface area contributed by atoms with Crippen LogP contribution in [0.2, 0.25) is 0 Å². The third-order valence-electron chi connectivity index (χ3n) is 10.8. The molecular formula is C45H30N2O2. The molecule has 4 heteroatoms. The number of anilines is 3. The van der Waals surface area contributed by atoms with Crippen molar-refractivity contribution in [3.8, 4) is 50.9 Å². The zero-order valence-corrected chi connectivity index (χ0v) is 27.1. The first-order valence-electron chi connectivity index (χ1n) is 16.9. The highest BCUT2D eigenvalue weighted by molar-refractivity contribution is 6.16. The lowest BCUT2D eigenvalue weighted by atomic mass is 9.82. The van der Waals surface area contributed by atoms with Gasteiger partial charge in [-0.1, -0.05) is 105 Å². The summed E-state index contributed by atoms with van der Waals surface area (Å²) in [6, 6.07) is 52.1. The molecule has 0 saturated heterocycles. The molecule has 0 unspecified atom stereocenters. The van der Waals surface area contributed by atoms with Crippen molar-refractivity contribution in [1.82, 2.24) is 4.57 Å². The van der Waals surface area contributed by atoms with Crippen LogP contribution in [-0.4, -0.2) is 4.57 Å². The molecule has 11 rings (SSSR count). The lowest BCUT2D eigenvalue weighted by Crippen LogP contribution is -2.17. The van der Waals surface area contributed by atoms with Crippen molar-refractivity contribution >= 4 is 38.9 Å². The summed E-state index contributed by atoms with van der Waals surface area (Å²) in [6.07, 6.45) is 0. The highest BCUT2D eigenvalue weighted by Crippen LogP contribution is 2.58. The Labute approximate surface area is 284 Å². The van der Waals surface area contributed by atoms with E-state index in [-0.39, 0.29) is 5.41 Å². The molecule has 2 aliphatic heterocycles. The van der Waals surface area contributed by atoms with Gasteiger partial charge in [-0.2, -0.15) is 0 Å². The van der Waals surface area contributed by atoms with Crippen molar-refractivity contribution in [1.29, 1.82) is 0 Å². The molecule has 0 atom stereocenters. The van der Waals surface area contributed by atoms with Crippen LogP contribution in [0.1, 0.15) is 25.0 Å². The molecule has 0 radical (unpaired) electrons. The summed E-state index contributed by atoms with van der Waals surface area (Å²) >= 11 is 0. The van der Waals surface area contributed by atoms with Crippen LogP contribution in [-0.2, 0) is 5.41 Å². The van der Waals surface area contributed by atoms with Gasteiger partial charge in [-0.25, -0.2) is 0 Å². The molecule has 0 amide bonds. The molecule has 1 aliphatic carbocycles. The minimum Gasteiger partial charge on any atom is -0.453 e. The predicted molar refractivity (Wildman–Crippen MR) is 199 cm³/mol. The number of rotatable bonds is 4. The number of fused-ring (bicyclic) bond motifs is 4. The van der Waals surface area contributed by atoms with Crippen LogP contribution in [0.5, 0.6) is 23.0 Å². The summed E-state index contributed by atoms with van der Waals surface area (Å²) in [7, 11) is 0. The van der Waals surface area contributed by atoms with Gasteiger partial charge in [0.2, 0.25) is 0 Å². The standard InChI is InChI=1S/C45H30N2O2/c1-45(2)35-14-7-6-12-31(35)32-23-22-30(26-36(32)45)46(29-20-18-28(19-21-29)27-10-4-3-5-11-27)37-25-24-34-33-13-8-15-38-41(33)47-42(34)44(37)49-40-17-9-16-39(48-38)43(40)47/h3-26H,1-2H3. The molecule has 0 bridgehead atoms. The van der Waals surface area contributed by atoms with Gasteiger partial charge in [0.05, 0.1) is 16.7 Å². The Hall–Kier alpha value is -6.26. The number of ether oxygens (including phenoxy) is 2. The largest absolute Gasteiger partial charge is 0.453 e. The van der Waals surface area contributed by atoms with Crippen molar-refractivity contribution in [2.75, 3.05) is 4.90 Å².